The number of rotatable bonds is 7. The minimum absolute atomic E-state index is 0.0896. The van der Waals surface area contributed by atoms with Crippen LogP contribution < -0.4 is 10.3 Å². The first-order chi connectivity index (χ1) is 14.5. The number of benzene rings is 1. The molecule has 0 aliphatic rings. The van der Waals surface area contributed by atoms with Gasteiger partial charge in [-0.2, -0.15) is 0 Å². The lowest BCUT2D eigenvalue weighted by Crippen LogP contribution is -2.29. The van der Waals surface area contributed by atoms with Crippen LogP contribution in [0.2, 0.25) is 0 Å². The minimum Gasteiger partial charge on any atom is -0.497 e. The molecule has 4 rings (SSSR count). The predicted octanol–water partition coefficient (Wildman–Crippen LogP) is 2.93. The number of aromatic nitrogens is 4. The van der Waals surface area contributed by atoms with Gasteiger partial charge >= 0.3 is 0 Å². The maximum atomic E-state index is 12.6. The van der Waals surface area contributed by atoms with E-state index in [4.69, 9.17) is 4.74 Å². The molecule has 1 amide bonds. The monoisotopic (exact) mass is 441 g/mol. The Bertz CT molecular complexity index is 1250. The summed E-state index contributed by atoms with van der Waals surface area (Å²) in [5.74, 6) is 1.33. The quantitative estimate of drug-likeness (QED) is 0.443. The number of hydrogen-bond acceptors (Lipinski definition) is 7. The van der Waals surface area contributed by atoms with Crippen LogP contribution in [-0.4, -0.2) is 50.2 Å². The van der Waals surface area contributed by atoms with Gasteiger partial charge in [-0.25, -0.2) is 9.97 Å². The molecule has 1 N–H and O–H groups in total. The van der Waals surface area contributed by atoms with E-state index in [2.05, 4.69) is 15.0 Å². The van der Waals surface area contributed by atoms with Crippen LogP contribution in [0.4, 0.5) is 0 Å². The minimum atomic E-state index is -0.180. The summed E-state index contributed by atoms with van der Waals surface area (Å²) >= 11 is 2.69. The van der Waals surface area contributed by atoms with Crippen LogP contribution in [-0.2, 0) is 11.3 Å². The summed E-state index contributed by atoms with van der Waals surface area (Å²) in [5.41, 5.74) is 1.37. The van der Waals surface area contributed by atoms with Gasteiger partial charge in [0.15, 0.2) is 5.16 Å². The smallest absolute Gasteiger partial charge is 0.268 e. The number of amides is 1. The van der Waals surface area contributed by atoms with Crippen molar-refractivity contribution in [1.82, 2.24) is 24.4 Å². The molecule has 8 nitrogen and oxygen atoms in total. The number of carbonyl (C=O) groups is 1. The Balaban J connectivity index is 1.42. The van der Waals surface area contributed by atoms with Gasteiger partial charge < -0.3 is 14.6 Å². The van der Waals surface area contributed by atoms with Crippen LogP contribution in [0, 0.1) is 0 Å². The van der Waals surface area contributed by atoms with Crippen LogP contribution in [0.3, 0.4) is 0 Å². The Kier molecular flexibility index (Phi) is 5.86. The number of nitrogens with one attached hydrogen (secondary N) is 1. The molecule has 0 unspecified atom stereocenters. The van der Waals surface area contributed by atoms with E-state index in [1.807, 2.05) is 40.4 Å². The first-order valence-corrected chi connectivity index (χ1v) is 10.9. The predicted molar refractivity (Wildman–Crippen MR) is 118 cm³/mol. The first-order valence-electron chi connectivity index (χ1n) is 9.06. The Morgan fingerprint density at radius 2 is 2.23 bits per heavy atom. The van der Waals surface area contributed by atoms with Gasteiger partial charge in [0, 0.05) is 25.5 Å². The summed E-state index contributed by atoms with van der Waals surface area (Å²) in [7, 11) is 3.31. The zero-order chi connectivity index (χ0) is 21.1. The molecule has 3 heterocycles. The van der Waals surface area contributed by atoms with Crippen LogP contribution in [0.1, 0.15) is 5.82 Å². The Morgan fingerprint density at radius 3 is 3.07 bits per heavy atom. The maximum Gasteiger partial charge on any atom is 0.268 e. The fourth-order valence-electron chi connectivity index (χ4n) is 2.90. The second kappa shape index (κ2) is 8.72. The summed E-state index contributed by atoms with van der Waals surface area (Å²) in [6.45, 7) is 0.227. The number of carbonyl (C=O) groups excluding carboxylic acids is 1. The third kappa shape index (κ3) is 4.24. The fraction of sp³-hybridized carbons (Fsp3) is 0.200. The van der Waals surface area contributed by atoms with E-state index in [-0.39, 0.29) is 23.8 Å². The molecule has 1 aromatic carbocycles. The number of hydrogen-bond donors (Lipinski definition) is 1. The highest BCUT2D eigenvalue weighted by atomic mass is 32.2. The molecule has 0 radical (unpaired) electrons. The Morgan fingerprint density at radius 1 is 1.37 bits per heavy atom. The van der Waals surface area contributed by atoms with Crippen molar-refractivity contribution in [3.63, 3.8) is 0 Å². The molecule has 30 heavy (non-hydrogen) atoms. The lowest BCUT2D eigenvalue weighted by molar-refractivity contribution is -0.127. The summed E-state index contributed by atoms with van der Waals surface area (Å²) in [6, 6.07) is 9.43. The van der Waals surface area contributed by atoms with Crippen molar-refractivity contribution in [3.8, 4) is 11.4 Å². The third-order valence-corrected chi connectivity index (χ3v) is 6.29. The van der Waals surface area contributed by atoms with E-state index in [0.717, 1.165) is 11.4 Å². The van der Waals surface area contributed by atoms with Gasteiger partial charge in [-0.15, -0.1) is 11.3 Å². The van der Waals surface area contributed by atoms with E-state index < -0.39 is 0 Å². The lowest BCUT2D eigenvalue weighted by atomic mass is 10.3. The number of thioether (sulfide) groups is 1. The normalized spacial score (nSPS) is 11.0. The zero-order valence-electron chi connectivity index (χ0n) is 16.4. The summed E-state index contributed by atoms with van der Waals surface area (Å²) in [4.78, 5) is 37.8. The van der Waals surface area contributed by atoms with Crippen molar-refractivity contribution < 1.29 is 9.53 Å². The SMILES string of the molecule is COc1cccc(-n2ccnc2SCC(=O)N(C)Cc2nc3ccsc3c(=O)[nH]2)c1. The molecule has 3 aromatic heterocycles. The average molecular weight is 442 g/mol. The topological polar surface area (TPSA) is 93.1 Å². The number of methoxy groups -OCH3 is 1. The molecule has 0 aliphatic heterocycles. The summed E-state index contributed by atoms with van der Waals surface area (Å²) in [6.07, 6.45) is 3.54. The van der Waals surface area contributed by atoms with E-state index in [9.17, 15) is 9.59 Å². The van der Waals surface area contributed by atoms with Crippen molar-refractivity contribution in [2.45, 2.75) is 11.7 Å². The molecule has 0 saturated heterocycles. The molecule has 0 saturated carbocycles. The number of imidazole rings is 1. The number of ether oxygens (including phenoxy) is 1. The highest BCUT2D eigenvalue weighted by Crippen LogP contribution is 2.23. The van der Waals surface area contributed by atoms with Crippen molar-refractivity contribution in [2.24, 2.45) is 0 Å². The Labute approximate surface area is 180 Å². The van der Waals surface area contributed by atoms with Crippen molar-refractivity contribution >= 4 is 39.2 Å². The van der Waals surface area contributed by atoms with Gasteiger partial charge in [-0.3, -0.25) is 14.2 Å². The number of nitrogens with zero attached hydrogens (tertiary/aromatic N) is 4. The van der Waals surface area contributed by atoms with E-state index in [1.165, 1.54) is 23.1 Å². The molecule has 0 spiro atoms. The average Bonchev–Trinajstić information content (AvgIpc) is 3.41. The molecular formula is C20H19N5O3S2. The number of fused-ring (bicyclic) bond motifs is 1. The van der Waals surface area contributed by atoms with Crippen LogP contribution >= 0.6 is 23.1 Å². The highest BCUT2D eigenvalue weighted by molar-refractivity contribution is 7.99. The maximum absolute atomic E-state index is 12.6. The number of thiophene rings is 1. The molecule has 0 bridgehead atoms. The van der Waals surface area contributed by atoms with Crippen molar-refractivity contribution in [1.29, 1.82) is 0 Å². The van der Waals surface area contributed by atoms with Gasteiger partial charge in [-0.05, 0) is 23.6 Å². The van der Waals surface area contributed by atoms with Gasteiger partial charge in [-0.1, -0.05) is 17.8 Å². The highest BCUT2D eigenvalue weighted by Gasteiger charge is 2.15. The second-order valence-corrected chi connectivity index (χ2v) is 8.33. The molecule has 10 heteroatoms. The van der Waals surface area contributed by atoms with Gasteiger partial charge in [0.05, 0.1) is 30.6 Å². The first kappa shape index (κ1) is 20.2. The molecule has 4 aromatic rings. The van der Waals surface area contributed by atoms with E-state index in [1.54, 1.807) is 31.3 Å². The number of H-pyrrole nitrogens is 1. The van der Waals surface area contributed by atoms with Crippen LogP contribution in [0.5, 0.6) is 5.75 Å². The van der Waals surface area contributed by atoms with Crippen LogP contribution in [0.25, 0.3) is 15.9 Å². The van der Waals surface area contributed by atoms with E-state index in [0.29, 0.717) is 21.2 Å². The second-order valence-electron chi connectivity index (χ2n) is 6.47. The van der Waals surface area contributed by atoms with Gasteiger partial charge in [0.2, 0.25) is 5.91 Å². The summed E-state index contributed by atoms with van der Waals surface area (Å²) in [5, 5.41) is 2.53. The van der Waals surface area contributed by atoms with Crippen LogP contribution in [0.15, 0.2) is 58.1 Å². The third-order valence-electron chi connectivity index (χ3n) is 4.44. The van der Waals surface area contributed by atoms with Gasteiger partial charge in [0.1, 0.15) is 16.3 Å². The van der Waals surface area contributed by atoms with E-state index >= 15 is 0 Å². The van der Waals surface area contributed by atoms with Gasteiger partial charge in [0.25, 0.3) is 5.56 Å². The molecule has 0 aliphatic carbocycles. The zero-order valence-corrected chi connectivity index (χ0v) is 18.0. The molecule has 0 fully saturated rings. The summed E-state index contributed by atoms with van der Waals surface area (Å²) < 4.78 is 7.77. The van der Waals surface area contributed by atoms with Crippen molar-refractivity contribution in [2.75, 3.05) is 19.9 Å². The lowest BCUT2D eigenvalue weighted by Gasteiger charge is -2.16. The molecule has 0 atom stereocenters. The fourth-order valence-corrected chi connectivity index (χ4v) is 4.54. The molecular weight excluding hydrogens is 422 g/mol. The molecule has 154 valence electrons. The standard InChI is InChI=1S/C20H19N5O3S2/c1-24(11-16-22-15-6-9-29-18(15)19(27)23-16)17(26)12-30-20-21-7-8-25(20)13-4-3-5-14(10-13)28-2/h3-10H,11-12H2,1-2H3,(H,22,23,27). The Hall–Kier alpha value is -3.11. The van der Waals surface area contributed by atoms with Crippen molar-refractivity contribution in [3.05, 3.63) is 64.3 Å². The largest absolute Gasteiger partial charge is 0.497 e. The number of aromatic amines is 1.